The van der Waals surface area contributed by atoms with Gasteiger partial charge in [-0.25, -0.2) is 9.78 Å². The molecule has 0 bridgehead atoms. The van der Waals surface area contributed by atoms with E-state index in [1.807, 2.05) is 20.8 Å². The van der Waals surface area contributed by atoms with E-state index >= 15 is 0 Å². The SMILES string of the molecule is CC(C)(C)C12OOC1CCCC2=O. The second kappa shape index (κ2) is 2.55. The van der Waals surface area contributed by atoms with Crippen LogP contribution in [0.4, 0.5) is 0 Å². The Bertz CT molecular complexity index is 241. The van der Waals surface area contributed by atoms with E-state index in [0.717, 1.165) is 12.8 Å². The molecule has 2 atom stereocenters. The van der Waals surface area contributed by atoms with Crippen molar-refractivity contribution in [3.63, 3.8) is 0 Å². The second-order valence-electron chi connectivity index (χ2n) is 4.97. The van der Waals surface area contributed by atoms with E-state index in [2.05, 4.69) is 0 Å². The summed E-state index contributed by atoms with van der Waals surface area (Å²) in [5.41, 5.74) is -0.807. The topological polar surface area (TPSA) is 35.5 Å². The van der Waals surface area contributed by atoms with E-state index in [0.29, 0.717) is 6.42 Å². The Kier molecular flexibility index (Phi) is 1.79. The largest absolute Gasteiger partial charge is 0.296 e. The van der Waals surface area contributed by atoms with Crippen LogP contribution >= 0.6 is 0 Å². The molecular weight excluding hydrogens is 168 g/mol. The van der Waals surface area contributed by atoms with Gasteiger partial charge in [-0.2, -0.15) is 0 Å². The molecule has 1 aliphatic heterocycles. The summed E-state index contributed by atoms with van der Waals surface area (Å²) in [6.45, 7) is 6.10. The summed E-state index contributed by atoms with van der Waals surface area (Å²) < 4.78 is 0. The molecule has 1 saturated carbocycles. The minimum atomic E-state index is -0.648. The molecule has 3 heteroatoms. The predicted octanol–water partition coefficient (Wildman–Crippen LogP) is 1.85. The standard InChI is InChI=1S/C10H16O3/c1-9(2,3)10-7(11)5-4-6-8(10)12-13-10/h8H,4-6H2,1-3H3. The molecule has 0 aromatic heterocycles. The van der Waals surface area contributed by atoms with Crippen molar-refractivity contribution in [3.05, 3.63) is 0 Å². The highest BCUT2D eigenvalue weighted by molar-refractivity contribution is 5.90. The van der Waals surface area contributed by atoms with Gasteiger partial charge in [-0.3, -0.25) is 4.79 Å². The van der Waals surface area contributed by atoms with Gasteiger partial charge in [0, 0.05) is 11.8 Å². The molecule has 74 valence electrons. The lowest BCUT2D eigenvalue weighted by molar-refractivity contribution is -0.516. The lowest BCUT2D eigenvalue weighted by Gasteiger charge is -2.55. The van der Waals surface area contributed by atoms with E-state index in [1.165, 1.54) is 0 Å². The van der Waals surface area contributed by atoms with Gasteiger partial charge >= 0.3 is 0 Å². The van der Waals surface area contributed by atoms with Crippen LogP contribution in [0.1, 0.15) is 40.0 Å². The molecule has 13 heavy (non-hydrogen) atoms. The fourth-order valence-corrected chi connectivity index (χ4v) is 2.35. The number of carbonyl (C=O) groups is 1. The number of hydrogen-bond acceptors (Lipinski definition) is 3. The number of fused-ring (bicyclic) bond motifs is 1. The summed E-state index contributed by atoms with van der Waals surface area (Å²) in [5.74, 6) is 0.211. The van der Waals surface area contributed by atoms with Crippen molar-refractivity contribution >= 4 is 5.78 Å². The van der Waals surface area contributed by atoms with Crippen LogP contribution in [0.2, 0.25) is 0 Å². The molecule has 2 unspecified atom stereocenters. The van der Waals surface area contributed by atoms with E-state index in [1.54, 1.807) is 0 Å². The Morgan fingerprint density at radius 3 is 2.46 bits per heavy atom. The maximum atomic E-state index is 11.8. The summed E-state index contributed by atoms with van der Waals surface area (Å²) in [6.07, 6.45) is 2.51. The van der Waals surface area contributed by atoms with E-state index in [9.17, 15) is 4.79 Å². The van der Waals surface area contributed by atoms with Gasteiger partial charge in [-0.15, -0.1) is 0 Å². The molecule has 0 aromatic carbocycles. The Labute approximate surface area is 78.3 Å². The molecule has 0 spiro atoms. The molecule has 0 N–H and O–H groups in total. The molecule has 2 fully saturated rings. The first-order valence-electron chi connectivity index (χ1n) is 4.86. The van der Waals surface area contributed by atoms with Crippen LogP contribution in [0, 0.1) is 5.41 Å². The van der Waals surface area contributed by atoms with Crippen LogP contribution in [0.5, 0.6) is 0 Å². The summed E-state index contributed by atoms with van der Waals surface area (Å²) in [6, 6.07) is 0. The first kappa shape index (κ1) is 9.16. The summed E-state index contributed by atoms with van der Waals surface area (Å²) in [5, 5.41) is 0. The van der Waals surface area contributed by atoms with Crippen molar-refractivity contribution in [1.82, 2.24) is 0 Å². The smallest absolute Gasteiger partial charge is 0.195 e. The van der Waals surface area contributed by atoms with Crippen LogP contribution in [-0.2, 0) is 14.6 Å². The van der Waals surface area contributed by atoms with E-state index in [4.69, 9.17) is 9.78 Å². The minimum absolute atomic E-state index is 0.00579. The predicted molar refractivity (Wildman–Crippen MR) is 47.0 cm³/mol. The van der Waals surface area contributed by atoms with Gasteiger partial charge in [0.2, 0.25) is 0 Å². The van der Waals surface area contributed by atoms with Gasteiger partial charge in [-0.05, 0) is 12.8 Å². The number of Topliss-reactive ketones (excluding diaryl/α,β-unsaturated/α-hetero) is 1. The average Bonchev–Trinajstić information content (AvgIpc) is 1.91. The quantitative estimate of drug-likeness (QED) is 0.539. The third-order valence-corrected chi connectivity index (χ3v) is 3.15. The number of hydrogen-bond donors (Lipinski definition) is 0. The van der Waals surface area contributed by atoms with Gasteiger partial charge in [0.25, 0.3) is 0 Å². The van der Waals surface area contributed by atoms with Crippen LogP contribution in [0.15, 0.2) is 0 Å². The third kappa shape index (κ3) is 1.00. The Hall–Kier alpha value is -0.410. The van der Waals surface area contributed by atoms with Crippen LogP contribution < -0.4 is 0 Å². The molecule has 0 radical (unpaired) electrons. The van der Waals surface area contributed by atoms with Crippen molar-refractivity contribution in [2.45, 2.75) is 51.7 Å². The van der Waals surface area contributed by atoms with Crippen LogP contribution in [0.3, 0.4) is 0 Å². The molecule has 1 aliphatic carbocycles. The monoisotopic (exact) mass is 184 g/mol. The van der Waals surface area contributed by atoms with Gasteiger partial charge in [-0.1, -0.05) is 20.8 Å². The van der Waals surface area contributed by atoms with Gasteiger partial charge in [0.1, 0.15) is 6.10 Å². The Morgan fingerprint density at radius 2 is 2.15 bits per heavy atom. The molecule has 1 heterocycles. The maximum Gasteiger partial charge on any atom is 0.195 e. The zero-order valence-corrected chi connectivity index (χ0v) is 8.42. The molecular formula is C10H16O3. The molecule has 2 aliphatic rings. The van der Waals surface area contributed by atoms with Gasteiger partial charge in [0.05, 0.1) is 0 Å². The van der Waals surface area contributed by atoms with Crippen molar-refractivity contribution in [1.29, 1.82) is 0 Å². The fraction of sp³-hybridized carbons (Fsp3) is 0.900. The summed E-state index contributed by atoms with van der Waals surface area (Å²) in [4.78, 5) is 22.0. The number of ketones is 1. The highest BCUT2D eigenvalue weighted by Crippen LogP contribution is 2.50. The van der Waals surface area contributed by atoms with E-state index < -0.39 is 5.60 Å². The zero-order chi connectivity index (χ0) is 9.69. The van der Waals surface area contributed by atoms with Crippen molar-refractivity contribution in [2.75, 3.05) is 0 Å². The second-order valence-corrected chi connectivity index (χ2v) is 4.97. The Balaban J connectivity index is 2.32. The molecule has 3 nitrogen and oxygen atoms in total. The molecule has 0 aromatic rings. The highest BCUT2D eigenvalue weighted by Gasteiger charge is 2.64. The minimum Gasteiger partial charge on any atom is -0.296 e. The first-order valence-corrected chi connectivity index (χ1v) is 4.86. The molecule has 0 amide bonds. The number of carbonyl (C=O) groups excluding carboxylic acids is 1. The maximum absolute atomic E-state index is 11.8. The van der Waals surface area contributed by atoms with Crippen LogP contribution in [-0.4, -0.2) is 17.5 Å². The third-order valence-electron chi connectivity index (χ3n) is 3.15. The highest BCUT2D eigenvalue weighted by atomic mass is 17.3. The van der Waals surface area contributed by atoms with Crippen molar-refractivity contribution in [2.24, 2.45) is 5.41 Å². The Morgan fingerprint density at radius 1 is 1.46 bits per heavy atom. The first-order chi connectivity index (χ1) is 5.98. The van der Waals surface area contributed by atoms with Gasteiger partial charge < -0.3 is 0 Å². The molecule has 1 saturated heterocycles. The molecule has 2 rings (SSSR count). The fourth-order valence-electron chi connectivity index (χ4n) is 2.35. The van der Waals surface area contributed by atoms with Crippen molar-refractivity contribution in [3.8, 4) is 0 Å². The summed E-state index contributed by atoms with van der Waals surface area (Å²) >= 11 is 0. The van der Waals surface area contributed by atoms with Crippen molar-refractivity contribution < 1.29 is 14.6 Å². The average molecular weight is 184 g/mol. The lowest BCUT2D eigenvalue weighted by Crippen LogP contribution is -2.69. The summed E-state index contributed by atoms with van der Waals surface area (Å²) in [7, 11) is 0. The zero-order valence-electron chi connectivity index (χ0n) is 8.42. The number of rotatable bonds is 0. The normalized spacial score (nSPS) is 39.6. The van der Waals surface area contributed by atoms with Crippen LogP contribution in [0.25, 0.3) is 0 Å². The van der Waals surface area contributed by atoms with E-state index in [-0.39, 0.29) is 17.3 Å². The van der Waals surface area contributed by atoms with Gasteiger partial charge in [0.15, 0.2) is 11.4 Å². The lowest BCUT2D eigenvalue weighted by atomic mass is 9.65.